The third-order valence-electron chi connectivity index (χ3n) is 4.85. The molecule has 0 saturated carbocycles. The largest absolute Gasteiger partial charge is 0.380 e. The highest BCUT2D eigenvalue weighted by Crippen LogP contribution is 2.23. The van der Waals surface area contributed by atoms with Gasteiger partial charge in [-0.3, -0.25) is 4.79 Å². The second-order valence-corrected chi connectivity index (χ2v) is 9.12. The second kappa shape index (κ2) is 9.74. The van der Waals surface area contributed by atoms with Crippen LogP contribution in [-0.4, -0.2) is 47.2 Å². The lowest BCUT2D eigenvalue weighted by atomic mass is 10.1. The van der Waals surface area contributed by atoms with Gasteiger partial charge in [0.15, 0.2) is 0 Å². The van der Waals surface area contributed by atoms with Gasteiger partial charge in [0.25, 0.3) is 0 Å². The van der Waals surface area contributed by atoms with E-state index in [2.05, 4.69) is 14.9 Å². The highest BCUT2D eigenvalue weighted by molar-refractivity contribution is 7.89. The summed E-state index contributed by atoms with van der Waals surface area (Å²) in [7, 11) is -2.28. The summed E-state index contributed by atoms with van der Waals surface area (Å²) in [6, 6.07) is 10.3. The predicted molar refractivity (Wildman–Crippen MR) is 114 cm³/mol. The average molecular weight is 456 g/mol. The molecule has 1 saturated heterocycles. The highest BCUT2D eigenvalue weighted by Gasteiger charge is 2.20. The molecule has 7 nitrogen and oxygen atoms in total. The van der Waals surface area contributed by atoms with Crippen molar-refractivity contribution < 1.29 is 22.3 Å². The van der Waals surface area contributed by atoms with Crippen LogP contribution in [0.25, 0.3) is 0 Å². The summed E-state index contributed by atoms with van der Waals surface area (Å²) in [5, 5.41) is 2.33. The normalized spacial score (nSPS) is 17.0. The summed E-state index contributed by atoms with van der Waals surface area (Å²) in [6.07, 6.45) is 2.31. The van der Waals surface area contributed by atoms with Gasteiger partial charge in [-0.1, -0.05) is 11.6 Å². The summed E-state index contributed by atoms with van der Waals surface area (Å²) in [4.78, 5) is 14.1. The molecule has 0 bridgehead atoms. The molecule has 1 aliphatic rings. The van der Waals surface area contributed by atoms with Gasteiger partial charge in [-0.25, -0.2) is 17.5 Å². The standard InChI is InChI=1S/C20H23ClFN3O4S/c1-29-16-3-2-10-25(13-16)15-6-4-14(5-7-15)24-20(26)12-23-30(27,28)17-8-9-19(22)18(21)11-17/h4-9,11,16,23H,2-3,10,12-13H2,1H3,(H,24,26). The number of ether oxygens (including phenoxy) is 1. The Morgan fingerprint density at radius 1 is 1.27 bits per heavy atom. The summed E-state index contributed by atoms with van der Waals surface area (Å²) >= 11 is 5.62. The van der Waals surface area contributed by atoms with E-state index in [-0.39, 0.29) is 16.0 Å². The van der Waals surface area contributed by atoms with Crippen molar-refractivity contribution in [3.8, 4) is 0 Å². The zero-order valence-electron chi connectivity index (χ0n) is 16.4. The van der Waals surface area contributed by atoms with Gasteiger partial charge in [-0.05, 0) is 55.3 Å². The first-order chi connectivity index (χ1) is 14.3. The lowest BCUT2D eigenvalue weighted by Gasteiger charge is -2.33. The molecule has 162 valence electrons. The van der Waals surface area contributed by atoms with Crippen molar-refractivity contribution in [1.29, 1.82) is 0 Å². The lowest BCUT2D eigenvalue weighted by molar-refractivity contribution is -0.115. The number of piperidine rings is 1. The molecule has 3 rings (SSSR count). The number of halogens is 2. The molecule has 2 aromatic carbocycles. The number of amides is 1. The molecule has 1 amide bonds. The van der Waals surface area contributed by atoms with E-state index in [1.54, 1.807) is 19.2 Å². The molecule has 2 aromatic rings. The Balaban J connectivity index is 1.55. The van der Waals surface area contributed by atoms with E-state index in [1.165, 1.54) is 0 Å². The Hall–Kier alpha value is -2.20. The van der Waals surface area contributed by atoms with Crippen molar-refractivity contribution in [3.05, 3.63) is 53.3 Å². The quantitative estimate of drug-likeness (QED) is 0.670. The van der Waals surface area contributed by atoms with Crippen LogP contribution >= 0.6 is 11.6 Å². The van der Waals surface area contributed by atoms with Crippen molar-refractivity contribution in [2.45, 2.75) is 23.8 Å². The Morgan fingerprint density at radius 2 is 2.00 bits per heavy atom. The predicted octanol–water partition coefficient (Wildman–Crippen LogP) is 3.01. The van der Waals surface area contributed by atoms with Gasteiger partial charge in [0.2, 0.25) is 15.9 Å². The van der Waals surface area contributed by atoms with Crippen molar-refractivity contribution in [1.82, 2.24) is 4.72 Å². The van der Waals surface area contributed by atoms with Gasteiger partial charge in [0.1, 0.15) is 5.82 Å². The summed E-state index contributed by atoms with van der Waals surface area (Å²) < 4.78 is 45.3. The van der Waals surface area contributed by atoms with Crippen molar-refractivity contribution in [2.75, 3.05) is 37.0 Å². The van der Waals surface area contributed by atoms with Gasteiger partial charge in [0, 0.05) is 31.6 Å². The van der Waals surface area contributed by atoms with Crippen LogP contribution in [0.5, 0.6) is 0 Å². The van der Waals surface area contributed by atoms with E-state index in [0.29, 0.717) is 5.69 Å². The number of anilines is 2. The minimum atomic E-state index is -4.00. The van der Waals surface area contributed by atoms with Crippen LogP contribution in [0.15, 0.2) is 47.4 Å². The molecule has 30 heavy (non-hydrogen) atoms. The number of benzene rings is 2. The van der Waals surface area contributed by atoms with Gasteiger partial charge < -0.3 is 15.0 Å². The SMILES string of the molecule is COC1CCCN(c2ccc(NC(=O)CNS(=O)(=O)c3ccc(F)c(Cl)c3)cc2)C1. The Kier molecular flexibility index (Phi) is 7.30. The monoisotopic (exact) mass is 455 g/mol. The maximum Gasteiger partial charge on any atom is 0.241 e. The number of hydrogen-bond acceptors (Lipinski definition) is 5. The van der Waals surface area contributed by atoms with Gasteiger partial charge in [-0.2, -0.15) is 0 Å². The Bertz CT molecular complexity index is 1000. The van der Waals surface area contributed by atoms with Crippen LogP contribution in [0.3, 0.4) is 0 Å². The third kappa shape index (κ3) is 5.69. The fraction of sp³-hybridized carbons (Fsp3) is 0.350. The number of nitrogens with one attached hydrogen (secondary N) is 2. The van der Waals surface area contributed by atoms with Crippen LogP contribution < -0.4 is 14.9 Å². The van der Waals surface area contributed by atoms with Gasteiger partial charge in [-0.15, -0.1) is 0 Å². The second-order valence-electron chi connectivity index (χ2n) is 6.94. The summed E-state index contributed by atoms with van der Waals surface area (Å²) in [6.45, 7) is 1.29. The van der Waals surface area contributed by atoms with Crippen LogP contribution in [0, 0.1) is 5.82 Å². The minimum absolute atomic E-state index is 0.210. The van der Waals surface area contributed by atoms with Crippen LogP contribution in [0.4, 0.5) is 15.8 Å². The smallest absolute Gasteiger partial charge is 0.241 e. The first-order valence-corrected chi connectivity index (χ1v) is 11.3. The number of rotatable bonds is 7. The topological polar surface area (TPSA) is 87.7 Å². The molecule has 0 aromatic heterocycles. The molecular formula is C20H23ClFN3O4S. The maximum atomic E-state index is 13.2. The fourth-order valence-electron chi connectivity index (χ4n) is 3.21. The van der Waals surface area contributed by atoms with E-state index in [1.807, 2.05) is 12.1 Å². The number of carbonyl (C=O) groups is 1. The van der Waals surface area contributed by atoms with E-state index < -0.39 is 28.3 Å². The molecule has 1 atom stereocenters. The van der Waals surface area contributed by atoms with Gasteiger partial charge >= 0.3 is 0 Å². The van der Waals surface area contributed by atoms with E-state index in [4.69, 9.17) is 16.3 Å². The molecule has 1 unspecified atom stereocenters. The van der Waals surface area contributed by atoms with E-state index in [0.717, 1.165) is 49.8 Å². The number of sulfonamides is 1. The molecule has 10 heteroatoms. The number of carbonyl (C=O) groups excluding carboxylic acids is 1. The van der Waals surface area contributed by atoms with Gasteiger partial charge in [0.05, 0.1) is 22.6 Å². The van der Waals surface area contributed by atoms with Crippen molar-refractivity contribution in [2.24, 2.45) is 0 Å². The van der Waals surface area contributed by atoms with Crippen molar-refractivity contribution >= 4 is 38.9 Å². The molecule has 2 N–H and O–H groups in total. The first kappa shape index (κ1) is 22.5. The summed E-state index contributed by atoms with van der Waals surface area (Å²) in [5.74, 6) is -1.25. The molecule has 1 aliphatic heterocycles. The fourth-order valence-corrected chi connectivity index (χ4v) is 4.47. The molecular weight excluding hydrogens is 433 g/mol. The maximum absolute atomic E-state index is 13.2. The van der Waals surface area contributed by atoms with Crippen molar-refractivity contribution in [3.63, 3.8) is 0 Å². The van der Waals surface area contributed by atoms with Crippen LogP contribution in [0.2, 0.25) is 5.02 Å². The van der Waals surface area contributed by atoms with Crippen LogP contribution in [0.1, 0.15) is 12.8 Å². The number of methoxy groups -OCH3 is 1. The van der Waals surface area contributed by atoms with Crippen LogP contribution in [-0.2, 0) is 19.6 Å². The van der Waals surface area contributed by atoms with E-state index in [9.17, 15) is 17.6 Å². The molecule has 0 spiro atoms. The Morgan fingerprint density at radius 3 is 2.67 bits per heavy atom. The number of hydrogen-bond donors (Lipinski definition) is 2. The van der Waals surface area contributed by atoms with E-state index >= 15 is 0 Å². The first-order valence-electron chi connectivity index (χ1n) is 9.41. The minimum Gasteiger partial charge on any atom is -0.380 e. The number of nitrogens with zero attached hydrogens (tertiary/aromatic N) is 1. The Labute approximate surface area is 180 Å². The molecule has 0 aliphatic carbocycles. The average Bonchev–Trinajstić information content (AvgIpc) is 2.75. The lowest BCUT2D eigenvalue weighted by Crippen LogP contribution is -2.39. The zero-order chi connectivity index (χ0) is 21.7. The molecule has 1 fully saturated rings. The summed E-state index contributed by atoms with van der Waals surface area (Å²) in [5.41, 5.74) is 1.58. The molecule has 1 heterocycles. The highest BCUT2D eigenvalue weighted by atomic mass is 35.5. The third-order valence-corrected chi connectivity index (χ3v) is 6.54. The zero-order valence-corrected chi connectivity index (χ0v) is 18.0. The molecule has 0 radical (unpaired) electrons.